The van der Waals surface area contributed by atoms with Gasteiger partial charge in [-0.3, -0.25) is 14.4 Å². The highest BCUT2D eigenvalue weighted by Gasteiger charge is 2.32. The number of hydrogen-bond donors (Lipinski definition) is 0. The zero-order valence-electron chi connectivity index (χ0n) is 14.6. The molecule has 0 fully saturated rings. The molecule has 1 aromatic heterocycles. The van der Waals surface area contributed by atoms with E-state index in [2.05, 4.69) is 4.98 Å². The van der Waals surface area contributed by atoms with E-state index in [9.17, 15) is 18.5 Å². The third-order valence-corrected chi connectivity index (χ3v) is 7.45. The highest BCUT2D eigenvalue weighted by Crippen LogP contribution is 2.37. The molecule has 0 spiro atoms. The van der Waals surface area contributed by atoms with E-state index in [4.69, 9.17) is 11.6 Å². The van der Waals surface area contributed by atoms with E-state index in [0.717, 1.165) is 27.9 Å². The van der Waals surface area contributed by atoms with E-state index >= 15 is 0 Å². The molecule has 3 aromatic rings. The Bertz CT molecular complexity index is 1210. The van der Waals surface area contributed by atoms with Gasteiger partial charge in [-0.05, 0) is 43.2 Å². The van der Waals surface area contributed by atoms with Gasteiger partial charge in [-0.2, -0.15) is 0 Å². The number of nitro groups is 1. The Labute approximate surface area is 170 Å². The number of aryl methyl sites for hydroxylation is 1. The fourth-order valence-corrected chi connectivity index (χ4v) is 5.53. The van der Waals surface area contributed by atoms with Crippen molar-refractivity contribution in [3.8, 4) is 11.3 Å². The van der Waals surface area contributed by atoms with Crippen LogP contribution in [0.3, 0.4) is 0 Å². The Morgan fingerprint density at radius 1 is 1.25 bits per heavy atom. The monoisotopic (exact) mass is 435 g/mol. The van der Waals surface area contributed by atoms with Gasteiger partial charge in [0.1, 0.15) is 5.02 Å². The van der Waals surface area contributed by atoms with Crippen molar-refractivity contribution < 1.29 is 13.3 Å². The van der Waals surface area contributed by atoms with E-state index in [1.54, 1.807) is 17.4 Å². The van der Waals surface area contributed by atoms with E-state index in [1.807, 2.05) is 24.4 Å². The predicted molar refractivity (Wildman–Crippen MR) is 109 cm³/mol. The first-order chi connectivity index (χ1) is 13.3. The highest BCUT2D eigenvalue weighted by atomic mass is 35.5. The number of aromatic nitrogens is 1. The topological polar surface area (TPSA) is 93.4 Å². The fourth-order valence-electron chi connectivity index (χ4n) is 3.20. The lowest BCUT2D eigenvalue weighted by Gasteiger charge is -2.19. The normalized spacial score (nSPS) is 13.6. The molecule has 0 saturated heterocycles. The first-order valence-electron chi connectivity index (χ1n) is 8.29. The van der Waals surface area contributed by atoms with Crippen LogP contribution in [-0.2, 0) is 16.4 Å². The Balaban J connectivity index is 1.72. The molecule has 2 heterocycles. The lowest BCUT2D eigenvalue weighted by molar-refractivity contribution is -0.384. The number of benzene rings is 2. The van der Waals surface area contributed by atoms with E-state index < -0.39 is 20.6 Å². The molecule has 0 amide bonds. The van der Waals surface area contributed by atoms with Crippen molar-refractivity contribution in [2.45, 2.75) is 18.2 Å². The van der Waals surface area contributed by atoms with Crippen LogP contribution in [0.2, 0.25) is 5.02 Å². The summed E-state index contributed by atoms with van der Waals surface area (Å²) in [6.45, 7) is 2.20. The third-order valence-electron chi connectivity index (χ3n) is 4.55. The number of nitro benzene ring substituents is 1. The van der Waals surface area contributed by atoms with Gasteiger partial charge in [0.2, 0.25) is 0 Å². The zero-order valence-corrected chi connectivity index (χ0v) is 17.0. The summed E-state index contributed by atoms with van der Waals surface area (Å²) in [5.41, 5.74) is 2.84. The third kappa shape index (κ3) is 3.15. The molecule has 10 heteroatoms. The highest BCUT2D eigenvalue weighted by molar-refractivity contribution is 7.92. The van der Waals surface area contributed by atoms with Crippen LogP contribution in [-0.4, -0.2) is 24.9 Å². The average Bonchev–Trinajstić information content (AvgIpc) is 3.27. The van der Waals surface area contributed by atoms with Crippen LogP contribution in [0.15, 0.2) is 46.7 Å². The van der Waals surface area contributed by atoms with Gasteiger partial charge in [-0.25, -0.2) is 13.4 Å². The van der Waals surface area contributed by atoms with E-state index in [0.29, 0.717) is 12.1 Å². The molecule has 0 unspecified atom stereocenters. The second kappa shape index (κ2) is 6.84. The summed E-state index contributed by atoms with van der Waals surface area (Å²) in [6, 6.07) is 9.07. The number of sulfonamides is 1. The second-order valence-corrected chi connectivity index (χ2v) is 9.62. The minimum Gasteiger partial charge on any atom is -0.266 e. The van der Waals surface area contributed by atoms with Crippen molar-refractivity contribution in [2.75, 3.05) is 10.8 Å². The van der Waals surface area contributed by atoms with Gasteiger partial charge in [-0.15, -0.1) is 11.3 Å². The SMILES string of the molecule is Cc1nc(-c2ccc3c(c2)CCN3S(=O)(=O)c2ccc(Cl)c([N+](=O)[O-])c2)cs1. The van der Waals surface area contributed by atoms with Crippen molar-refractivity contribution >= 4 is 44.3 Å². The molecule has 7 nitrogen and oxygen atoms in total. The molecule has 0 bridgehead atoms. The van der Waals surface area contributed by atoms with E-state index in [-0.39, 0.29) is 16.5 Å². The van der Waals surface area contributed by atoms with Gasteiger partial charge in [0.15, 0.2) is 0 Å². The summed E-state index contributed by atoms with van der Waals surface area (Å²) < 4.78 is 27.5. The maximum Gasteiger partial charge on any atom is 0.289 e. The van der Waals surface area contributed by atoms with Gasteiger partial charge in [-0.1, -0.05) is 17.7 Å². The lowest BCUT2D eigenvalue weighted by atomic mass is 10.1. The van der Waals surface area contributed by atoms with Crippen molar-refractivity contribution in [1.29, 1.82) is 0 Å². The molecule has 4 rings (SSSR count). The summed E-state index contributed by atoms with van der Waals surface area (Å²) in [5.74, 6) is 0. The molecule has 1 aliphatic rings. The molecule has 0 N–H and O–H groups in total. The number of rotatable bonds is 4. The van der Waals surface area contributed by atoms with Gasteiger partial charge in [0.25, 0.3) is 15.7 Å². The molecule has 2 aromatic carbocycles. The Morgan fingerprint density at radius 2 is 2.04 bits per heavy atom. The minimum atomic E-state index is -3.94. The number of anilines is 1. The smallest absolute Gasteiger partial charge is 0.266 e. The molecule has 144 valence electrons. The summed E-state index contributed by atoms with van der Waals surface area (Å²) in [5, 5.41) is 13.9. The van der Waals surface area contributed by atoms with Gasteiger partial charge in [0.05, 0.1) is 26.2 Å². The van der Waals surface area contributed by atoms with Crippen molar-refractivity contribution in [3.63, 3.8) is 0 Å². The van der Waals surface area contributed by atoms with Crippen LogP contribution >= 0.6 is 22.9 Å². The van der Waals surface area contributed by atoms with Crippen LogP contribution < -0.4 is 4.31 Å². The Hall–Kier alpha value is -2.49. The largest absolute Gasteiger partial charge is 0.289 e. The van der Waals surface area contributed by atoms with Crippen molar-refractivity contribution in [3.05, 3.63) is 67.5 Å². The number of hydrogen-bond acceptors (Lipinski definition) is 6. The maximum absolute atomic E-state index is 13.1. The fraction of sp³-hybridized carbons (Fsp3) is 0.167. The van der Waals surface area contributed by atoms with Gasteiger partial charge < -0.3 is 0 Å². The van der Waals surface area contributed by atoms with Crippen molar-refractivity contribution in [2.24, 2.45) is 0 Å². The number of fused-ring (bicyclic) bond motifs is 1. The summed E-state index contributed by atoms with van der Waals surface area (Å²) in [6.07, 6.45) is 0.557. The van der Waals surface area contributed by atoms with Crippen LogP contribution in [0.25, 0.3) is 11.3 Å². The summed E-state index contributed by atoms with van der Waals surface area (Å²) >= 11 is 7.36. The molecular formula is C18H14ClN3O4S2. The first-order valence-corrected chi connectivity index (χ1v) is 11.0. The molecule has 0 atom stereocenters. The van der Waals surface area contributed by atoms with Crippen LogP contribution in [0, 0.1) is 17.0 Å². The van der Waals surface area contributed by atoms with Crippen LogP contribution in [0.4, 0.5) is 11.4 Å². The number of thiazole rings is 1. The minimum absolute atomic E-state index is 0.103. The molecule has 0 radical (unpaired) electrons. The second-order valence-electron chi connectivity index (χ2n) is 6.29. The van der Waals surface area contributed by atoms with Crippen molar-refractivity contribution in [1.82, 2.24) is 4.98 Å². The molecule has 0 saturated carbocycles. The van der Waals surface area contributed by atoms with Gasteiger partial charge in [0, 0.05) is 23.6 Å². The number of halogens is 1. The van der Waals surface area contributed by atoms with Crippen LogP contribution in [0.5, 0.6) is 0 Å². The Kier molecular flexibility index (Phi) is 4.60. The molecular weight excluding hydrogens is 422 g/mol. The number of nitrogens with zero attached hydrogens (tertiary/aromatic N) is 3. The standard InChI is InChI=1S/C18H14ClN3O4S2/c1-11-20-16(10-27-11)12-2-5-17-13(8-12)6-7-21(17)28(25,26)14-3-4-15(19)18(9-14)22(23)24/h2-5,8-10H,6-7H2,1H3. The summed E-state index contributed by atoms with van der Waals surface area (Å²) in [4.78, 5) is 14.7. The molecule has 1 aliphatic heterocycles. The first kappa shape index (κ1) is 18.9. The average molecular weight is 436 g/mol. The van der Waals surface area contributed by atoms with E-state index in [1.165, 1.54) is 16.4 Å². The molecule has 28 heavy (non-hydrogen) atoms. The summed E-state index contributed by atoms with van der Waals surface area (Å²) in [7, 11) is -3.94. The quantitative estimate of drug-likeness (QED) is 0.446. The maximum atomic E-state index is 13.1. The molecule has 0 aliphatic carbocycles. The van der Waals surface area contributed by atoms with Crippen LogP contribution in [0.1, 0.15) is 10.6 Å². The van der Waals surface area contributed by atoms with Gasteiger partial charge >= 0.3 is 0 Å². The lowest BCUT2D eigenvalue weighted by Crippen LogP contribution is -2.29. The predicted octanol–water partition coefficient (Wildman–Crippen LogP) is 4.43. The zero-order chi connectivity index (χ0) is 20.1. The Morgan fingerprint density at radius 3 is 2.71 bits per heavy atom.